The molecule has 29 heavy (non-hydrogen) atoms. The molecule has 0 bridgehead atoms. The molecular weight excluding hydrogens is 481 g/mol. The van der Waals surface area contributed by atoms with Crippen LogP contribution in [0.15, 0.2) is 47.6 Å². The van der Waals surface area contributed by atoms with Crippen LogP contribution in [0.3, 0.4) is 0 Å². The van der Waals surface area contributed by atoms with E-state index in [9.17, 15) is 4.79 Å². The maximum absolute atomic E-state index is 12.0. The first-order valence-electron chi connectivity index (χ1n) is 9.60. The third-order valence-electron chi connectivity index (χ3n) is 4.56. The maximum atomic E-state index is 12.0. The van der Waals surface area contributed by atoms with Gasteiger partial charge in [0.25, 0.3) is 0 Å². The molecule has 156 valence electrons. The molecule has 1 aliphatic rings. The Bertz CT molecular complexity index is 826. The van der Waals surface area contributed by atoms with Crippen molar-refractivity contribution in [2.45, 2.75) is 32.2 Å². The largest absolute Gasteiger partial charge is 0.478 e. The van der Waals surface area contributed by atoms with Gasteiger partial charge in [-0.15, -0.1) is 24.0 Å². The molecule has 0 saturated carbocycles. The highest BCUT2D eigenvalue weighted by atomic mass is 127. The number of nitrogens with zero attached hydrogens (tertiary/aromatic N) is 2. The Morgan fingerprint density at radius 1 is 1.28 bits per heavy atom. The van der Waals surface area contributed by atoms with Crippen molar-refractivity contribution in [2.24, 2.45) is 4.99 Å². The Morgan fingerprint density at radius 2 is 2.10 bits per heavy atom. The van der Waals surface area contributed by atoms with Gasteiger partial charge < -0.3 is 20.7 Å². The number of halogens is 1. The van der Waals surface area contributed by atoms with Crippen LogP contribution in [0, 0.1) is 0 Å². The van der Waals surface area contributed by atoms with Gasteiger partial charge in [0, 0.05) is 50.4 Å². The van der Waals surface area contributed by atoms with Crippen molar-refractivity contribution >= 4 is 41.5 Å². The van der Waals surface area contributed by atoms with Gasteiger partial charge in [-0.3, -0.25) is 9.79 Å². The number of amides is 1. The molecule has 1 aliphatic heterocycles. The quantitative estimate of drug-likeness (QED) is 0.303. The number of hydrogen-bond acceptors (Lipinski definition) is 4. The van der Waals surface area contributed by atoms with Crippen LogP contribution in [-0.2, 0) is 11.3 Å². The fourth-order valence-electron chi connectivity index (χ4n) is 3.12. The number of pyridine rings is 1. The minimum Gasteiger partial charge on any atom is -0.478 e. The lowest BCUT2D eigenvalue weighted by molar-refractivity contribution is -0.116. The molecule has 0 aliphatic carbocycles. The van der Waals surface area contributed by atoms with Gasteiger partial charge in [0.1, 0.15) is 0 Å². The molecule has 7 nitrogen and oxygen atoms in total. The Kier molecular flexibility index (Phi) is 9.17. The van der Waals surface area contributed by atoms with E-state index in [1.165, 1.54) is 0 Å². The predicted octanol–water partition coefficient (Wildman–Crippen LogP) is 3.28. The Hall–Kier alpha value is -2.36. The van der Waals surface area contributed by atoms with E-state index in [1.807, 2.05) is 30.3 Å². The van der Waals surface area contributed by atoms with Crippen molar-refractivity contribution in [2.75, 3.05) is 25.5 Å². The molecule has 1 aromatic carbocycles. The number of benzene rings is 1. The first kappa shape index (κ1) is 22.9. The molecule has 0 spiro atoms. The molecule has 1 atom stereocenters. The summed E-state index contributed by atoms with van der Waals surface area (Å²) in [6, 6.07) is 11.8. The third-order valence-corrected chi connectivity index (χ3v) is 4.56. The summed E-state index contributed by atoms with van der Waals surface area (Å²) in [5.74, 6) is 1.49. The van der Waals surface area contributed by atoms with Crippen LogP contribution < -0.4 is 20.7 Å². The van der Waals surface area contributed by atoms with Crippen molar-refractivity contribution in [1.82, 2.24) is 15.6 Å². The summed E-state index contributed by atoms with van der Waals surface area (Å²) in [7, 11) is 1.73. The number of fused-ring (bicyclic) bond motifs is 1. The molecule has 0 fully saturated rings. The number of aromatic nitrogens is 1. The summed E-state index contributed by atoms with van der Waals surface area (Å²) in [5, 5.41) is 9.53. The van der Waals surface area contributed by atoms with E-state index in [-0.39, 0.29) is 35.8 Å². The number of ether oxygens (including phenoxy) is 1. The number of anilines is 1. The van der Waals surface area contributed by atoms with E-state index >= 15 is 0 Å². The normalized spacial score (nSPS) is 15.6. The van der Waals surface area contributed by atoms with Crippen LogP contribution in [0.25, 0.3) is 0 Å². The summed E-state index contributed by atoms with van der Waals surface area (Å²) in [4.78, 5) is 20.5. The van der Waals surface area contributed by atoms with Gasteiger partial charge in [0.2, 0.25) is 11.8 Å². The van der Waals surface area contributed by atoms with E-state index in [4.69, 9.17) is 4.74 Å². The van der Waals surface area contributed by atoms with Crippen LogP contribution in [0.2, 0.25) is 0 Å². The number of aliphatic imine (C=N–C) groups is 1. The molecule has 1 unspecified atom stereocenters. The van der Waals surface area contributed by atoms with Gasteiger partial charge in [-0.05, 0) is 23.6 Å². The Morgan fingerprint density at radius 3 is 2.83 bits per heavy atom. The highest BCUT2D eigenvalue weighted by molar-refractivity contribution is 14.0. The van der Waals surface area contributed by atoms with Crippen LogP contribution in [0.4, 0.5) is 5.69 Å². The molecule has 1 aromatic heterocycles. The molecule has 2 heterocycles. The minimum absolute atomic E-state index is 0. The minimum atomic E-state index is 0. The second-order valence-electron chi connectivity index (χ2n) is 6.70. The van der Waals surface area contributed by atoms with E-state index in [1.54, 1.807) is 13.2 Å². The summed E-state index contributed by atoms with van der Waals surface area (Å²) in [6.45, 7) is 3.97. The summed E-state index contributed by atoms with van der Waals surface area (Å²) in [5.41, 5.74) is 3.08. The van der Waals surface area contributed by atoms with E-state index in [0.29, 0.717) is 38.0 Å². The number of rotatable bonds is 7. The highest BCUT2D eigenvalue weighted by Crippen LogP contribution is 2.31. The van der Waals surface area contributed by atoms with Crippen LogP contribution in [-0.4, -0.2) is 37.1 Å². The van der Waals surface area contributed by atoms with Gasteiger partial charge in [-0.2, -0.15) is 0 Å². The summed E-state index contributed by atoms with van der Waals surface area (Å²) in [6.07, 6.45) is 3.22. The molecule has 3 N–H and O–H groups in total. The van der Waals surface area contributed by atoms with Crippen molar-refractivity contribution < 1.29 is 9.53 Å². The Labute approximate surface area is 188 Å². The second kappa shape index (κ2) is 11.6. The zero-order chi connectivity index (χ0) is 19.8. The number of carbonyl (C=O) groups is 1. The van der Waals surface area contributed by atoms with Gasteiger partial charge in [0.15, 0.2) is 5.96 Å². The molecule has 8 heteroatoms. The standard InChI is InChI=1S/C21H27N5O2.HI/c1-3-10-28-20-9-8-15(12-23-20)13-24-21(22-2)25-14-16-11-19(27)26-18-7-5-4-6-17(16)18;/h4-9,12,16H,3,10-11,13-14H2,1-2H3,(H,26,27)(H2,22,24,25);1H. The molecule has 3 rings (SSSR count). The number of hydrogen-bond donors (Lipinski definition) is 3. The zero-order valence-electron chi connectivity index (χ0n) is 16.8. The SMILES string of the molecule is CCCOc1ccc(CNC(=NC)NCC2CC(=O)Nc3ccccc32)cn1.I. The van der Waals surface area contributed by atoms with E-state index in [0.717, 1.165) is 23.2 Å². The Balaban J connectivity index is 0.00000300. The molecular formula is C21H28IN5O2. The smallest absolute Gasteiger partial charge is 0.225 e. The van der Waals surface area contributed by atoms with Crippen molar-refractivity contribution in [3.8, 4) is 5.88 Å². The number of para-hydroxylation sites is 1. The molecule has 0 radical (unpaired) electrons. The molecule has 1 amide bonds. The first-order chi connectivity index (χ1) is 13.7. The number of guanidine groups is 1. The van der Waals surface area contributed by atoms with Crippen molar-refractivity contribution in [3.05, 3.63) is 53.7 Å². The lowest BCUT2D eigenvalue weighted by Crippen LogP contribution is -2.40. The predicted molar refractivity (Wildman–Crippen MR) is 126 cm³/mol. The van der Waals surface area contributed by atoms with Gasteiger partial charge in [0.05, 0.1) is 6.61 Å². The number of nitrogens with one attached hydrogen (secondary N) is 3. The van der Waals surface area contributed by atoms with Crippen molar-refractivity contribution in [3.63, 3.8) is 0 Å². The summed E-state index contributed by atoms with van der Waals surface area (Å²) < 4.78 is 5.50. The fraction of sp³-hybridized carbons (Fsp3) is 0.381. The lowest BCUT2D eigenvalue weighted by atomic mass is 9.90. The second-order valence-corrected chi connectivity index (χ2v) is 6.70. The van der Waals surface area contributed by atoms with Gasteiger partial charge >= 0.3 is 0 Å². The van der Waals surface area contributed by atoms with E-state index < -0.39 is 0 Å². The number of carbonyl (C=O) groups excluding carboxylic acids is 1. The van der Waals surface area contributed by atoms with E-state index in [2.05, 4.69) is 38.9 Å². The fourth-order valence-corrected chi connectivity index (χ4v) is 3.12. The monoisotopic (exact) mass is 509 g/mol. The topological polar surface area (TPSA) is 87.6 Å². The summed E-state index contributed by atoms with van der Waals surface area (Å²) >= 11 is 0. The van der Waals surface area contributed by atoms with Gasteiger partial charge in [-0.25, -0.2) is 4.98 Å². The zero-order valence-corrected chi connectivity index (χ0v) is 19.1. The average molecular weight is 509 g/mol. The van der Waals surface area contributed by atoms with Crippen LogP contribution in [0.5, 0.6) is 5.88 Å². The first-order valence-corrected chi connectivity index (χ1v) is 9.60. The average Bonchev–Trinajstić information content (AvgIpc) is 2.73. The van der Waals surface area contributed by atoms with Crippen LogP contribution >= 0.6 is 24.0 Å². The third kappa shape index (κ3) is 6.59. The van der Waals surface area contributed by atoms with Gasteiger partial charge in [-0.1, -0.05) is 31.2 Å². The molecule has 2 aromatic rings. The lowest BCUT2D eigenvalue weighted by Gasteiger charge is -2.26. The maximum Gasteiger partial charge on any atom is 0.225 e. The van der Waals surface area contributed by atoms with Crippen LogP contribution in [0.1, 0.15) is 36.8 Å². The molecule has 0 saturated heterocycles. The van der Waals surface area contributed by atoms with Crippen molar-refractivity contribution in [1.29, 1.82) is 0 Å². The highest BCUT2D eigenvalue weighted by Gasteiger charge is 2.24.